The number of carbonyl (C=O) groups excluding carboxylic acids is 1. The van der Waals surface area contributed by atoms with Gasteiger partial charge in [0.15, 0.2) is 17.3 Å². The van der Waals surface area contributed by atoms with Gasteiger partial charge in [-0.15, -0.1) is 0 Å². The van der Waals surface area contributed by atoms with Crippen LogP contribution in [0.25, 0.3) is 0 Å². The van der Waals surface area contributed by atoms with Crippen molar-refractivity contribution >= 4 is 5.78 Å². The minimum absolute atomic E-state index is 0.0530. The predicted molar refractivity (Wildman–Crippen MR) is 69.3 cm³/mol. The first-order chi connectivity index (χ1) is 8.49. The van der Waals surface area contributed by atoms with Gasteiger partial charge in [-0.25, -0.2) is 0 Å². The first-order valence-corrected chi connectivity index (χ1v) is 5.60. The van der Waals surface area contributed by atoms with E-state index in [1.54, 1.807) is 26.4 Å². The highest BCUT2D eigenvalue weighted by molar-refractivity contribution is 5.94. The van der Waals surface area contributed by atoms with Gasteiger partial charge < -0.3 is 14.6 Å². The van der Waals surface area contributed by atoms with Crippen molar-refractivity contribution in [1.82, 2.24) is 0 Å². The van der Waals surface area contributed by atoms with Crippen LogP contribution in [0.3, 0.4) is 0 Å². The van der Waals surface area contributed by atoms with E-state index < -0.39 is 0 Å². The van der Waals surface area contributed by atoms with Crippen molar-refractivity contribution in [2.24, 2.45) is 0 Å². The topological polar surface area (TPSA) is 55.8 Å². The lowest BCUT2D eigenvalue weighted by atomic mass is 10.0. The molecule has 0 heterocycles. The maximum absolute atomic E-state index is 11.4. The number of methoxy groups -OCH3 is 2. The molecule has 0 saturated carbocycles. The molecule has 98 valence electrons. The van der Waals surface area contributed by atoms with E-state index in [9.17, 15) is 9.90 Å². The van der Waals surface area contributed by atoms with Crippen molar-refractivity contribution in [1.29, 1.82) is 0 Å². The van der Waals surface area contributed by atoms with Gasteiger partial charge in [0.05, 0.1) is 20.0 Å². The Bertz CT molecular complexity index is 471. The Morgan fingerprint density at radius 1 is 1.17 bits per heavy atom. The van der Waals surface area contributed by atoms with Gasteiger partial charge in [0.1, 0.15) is 0 Å². The average molecular weight is 250 g/mol. The highest BCUT2D eigenvalue weighted by Gasteiger charge is 2.11. The molecule has 0 fully saturated rings. The lowest BCUT2D eigenvalue weighted by Crippen LogP contribution is -2.04. The summed E-state index contributed by atoms with van der Waals surface area (Å²) in [6.07, 6.45) is 0.373. The molecule has 0 atom stereocenters. The smallest absolute Gasteiger partial charge is 0.160 e. The minimum atomic E-state index is -0.134. The van der Waals surface area contributed by atoms with Gasteiger partial charge in [-0.2, -0.15) is 0 Å². The normalized spacial score (nSPS) is 11.8. The van der Waals surface area contributed by atoms with Crippen LogP contribution in [-0.4, -0.2) is 25.1 Å². The molecule has 0 aromatic heterocycles. The molecule has 1 aromatic carbocycles. The third-order valence-corrected chi connectivity index (χ3v) is 2.69. The molecule has 0 spiro atoms. The van der Waals surface area contributed by atoms with Gasteiger partial charge in [-0.05, 0) is 31.5 Å². The fraction of sp³-hybridized carbons (Fsp3) is 0.357. The second-order valence-corrected chi connectivity index (χ2v) is 3.99. The number of hydrogen-bond acceptors (Lipinski definition) is 4. The van der Waals surface area contributed by atoms with Crippen molar-refractivity contribution < 1.29 is 19.4 Å². The largest absolute Gasteiger partial charge is 0.512 e. The molecule has 0 aliphatic heterocycles. The summed E-state index contributed by atoms with van der Waals surface area (Å²) in [7, 11) is 3.12. The van der Waals surface area contributed by atoms with Gasteiger partial charge in [0.2, 0.25) is 0 Å². The zero-order chi connectivity index (χ0) is 13.7. The maximum Gasteiger partial charge on any atom is 0.160 e. The average Bonchev–Trinajstić information content (AvgIpc) is 2.34. The van der Waals surface area contributed by atoms with E-state index in [1.165, 1.54) is 13.8 Å². The number of ketones is 1. The minimum Gasteiger partial charge on any atom is -0.512 e. The van der Waals surface area contributed by atoms with Gasteiger partial charge in [-0.1, -0.05) is 6.07 Å². The summed E-state index contributed by atoms with van der Waals surface area (Å²) >= 11 is 0. The van der Waals surface area contributed by atoms with E-state index >= 15 is 0 Å². The highest BCUT2D eigenvalue weighted by atomic mass is 16.5. The lowest BCUT2D eigenvalue weighted by molar-refractivity contribution is -0.113. The molecule has 0 aliphatic rings. The summed E-state index contributed by atoms with van der Waals surface area (Å²) in [5.41, 5.74) is 1.29. The summed E-state index contributed by atoms with van der Waals surface area (Å²) in [5.74, 6) is 1.16. The van der Waals surface area contributed by atoms with Crippen LogP contribution in [0.5, 0.6) is 11.5 Å². The number of aliphatic hydroxyl groups excluding tert-OH is 1. The monoisotopic (exact) mass is 250 g/mol. The summed E-state index contributed by atoms with van der Waals surface area (Å²) in [6, 6.07) is 5.41. The summed E-state index contributed by atoms with van der Waals surface area (Å²) in [4.78, 5) is 11.4. The first kappa shape index (κ1) is 14.1. The Labute approximate surface area is 107 Å². The van der Waals surface area contributed by atoms with Crippen LogP contribution in [0.15, 0.2) is 29.5 Å². The third kappa shape index (κ3) is 3.26. The maximum atomic E-state index is 11.4. The second kappa shape index (κ2) is 6.10. The van der Waals surface area contributed by atoms with Gasteiger partial charge in [0.25, 0.3) is 0 Å². The van der Waals surface area contributed by atoms with E-state index in [2.05, 4.69) is 0 Å². The molecule has 0 amide bonds. The van der Waals surface area contributed by atoms with Crippen LogP contribution in [0.4, 0.5) is 0 Å². The van der Waals surface area contributed by atoms with Crippen LogP contribution >= 0.6 is 0 Å². The van der Waals surface area contributed by atoms with E-state index in [0.29, 0.717) is 23.5 Å². The molecule has 4 heteroatoms. The first-order valence-electron chi connectivity index (χ1n) is 5.60. The van der Waals surface area contributed by atoms with Gasteiger partial charge in [-0.3, -0.25) is 4.79 Å². The van der Waals surface area contributed by atoms with E-state index in [4.69, 9.17) is 9.47 Å². The van der Waals surface area contributed by atoms with Crippen LogP contribution < -0.4 is 9.47 Å². The van der Waals surface area contributed by atoms with Crippen molar-refractivity contribution in [3.8, 4) is 11.5 Å². The number of benzene rings is 1. The Hall–Kier alpha value is -1.97. The molecule has 1 aromatic rings. The summed E-state index contributed by atoms with van der Waals surface area (Å²) < 4.78 is 10.3. The Kier molecular flexibility index (Phi) is 4.77. The number of ether oxygens (including phenoxy) is 2. The fourth-order valence-corrected chi connectivity index (χ4v) is 1.70. The SMILES string of the molecule is COc1ccc(C/C(C(C)=O)=C(/C)O)cc1OC. The summed E-state index contributed by atoms with van der Waals surface area (Å²) in [6.45, 7) is 2.95. The van der Waals surface area contributed by atoms with E-state index in [0.717, 1.165) is 5.56 Å². The molecule has 1 rings (SSSR count). The molecular formula is C14H18O4. The van der Waals surface area contributed by atoms with Crippen molar-refractivity contribution in [3.63, 3.8) is 0 Å². The lowest BCUT2D eigenvalue weighted by Gasteiger charge is -2.10. The van der Waals surface area contributed by atoms with Crippen LogP contribution in [0.2, 0.25) is 0 Å². The Balaban J connectivity index is 3.05. The van der Waals surface area contributed by atoms with Crippen LogP contribution in [-0.2, 0) is 11.2 Å². The molecule has 0 radical (unpaired) electrons. The quantitative estimate of drug-likeness (QED) is 0.644. The van der Waals surface area contributed by atoms with E-state index in [1.807, 2.05) is 6.07 Å². The van der Waals surface area contributed by atoms with Crippen molar-refractivity contribution in [2.75, 3.05) is 14.2 Å². The third-order valence-electron chi connectivity index (χ3n) is 2.69. The molecule has 1 N–H and O–H groups in total. The van der Waals surface area contributed by atoms with Crippen LogP contribution in [0.1, 0.15) is 19.4 Å². The Morgan fingerprint density at radius 2 is 1.78 bits per heavy atom. The van der Waals surface area contributed by atoms with E-state index in [-0.39, 0.29) is 11.5 Å². The number of Topliss-reactive ketones (excluding diaryl/α,β-unsaturated/α-hetero) is 1. The number of aliphatic hydroxyl groups is 1. The molecule has 0 aliphatic carbocycles. The fourth-order valence-electron chi connectivity index (χ4n) is 1.70. The molecule has 0 saturated heterocycles. The standard InChI is InChI=1S/C14H18O4/c1-9(15)12(10(2)16)7-11-5-6-13(17-3)14(8-11)18-4/h5-6,8,15H,7H2,1-4H3/b12-9+. The second-order valence-electron chi connectivity index (χ2n) is 3.99. The molecular weight excluding hydrogens is 232 g/mol. The number of rotatable bonds is 5. The van der Waals surface area contributed by atoms with Crippen molar-refractivity contribution in [3.05, 3.63) is 35.1 Å². The zero-order valence-electron chi connectivity index (χ0n) is 11.1. The Morgan fingerprint density at radius 3 is 2.22 bits per heavy atom. The van der Waals surface area contributed by atoms with Crippen LogP contribution in [0, 0.1) is 0 Å². The number of carbonyl (C=O) groups is 1. The molecule has 4 nitrogen and oxygen atoms in total. The molecule has 18 heavy (non-hydrogen) atoms. The van der Waals surface area contributed by atoms with Crippen molar-refractivity contribution in [2.45, 2.75) is 20.3 Å². The predicted octanol–water partition coefficient (Wildman–Crippen LogP) is 2.67. The number of allylic oxidation sites excluding steroid dienone is 2. The molecule has 0 bridgehead atoms. The summed E-state index contributed by atoms with van der Waals surface area (Å²) in [5, 5.41) is 9.47. The molecule has 0 unspecified atom stereocenters. The highest BCUT2D eigenvalue weighted by Crippen LogP contribution is 2.28. The zero-order valence-corrected chi connectivity index (χ0v) is 11.1. The van der Waals surface area contributed by atoms with Gasteiger partial charge >= 0.3 is 0 Å². The number of hydrogen-bond donors (Lipinski definition) is 1. The van der Waals surface area contributed by atoms with Gasteiger partial charge in [0, 0.05) is 12.0 Å².